The van der Waals surface area contributed by atoms with Gasteiger partial charge in [-0.3, -0.25) is 4.57 Å². The zero-order valence-electron chi connectivity index (χ0n) is 17.2. The van der Waals surface area contributed by atoms with Gasteiger partial charge in [0.25, 0.3) is 0 Å². The van der Waals surface area contributed by atoms with Gasteiger partial charge in [0.05, 0.1) is 16.2 Å². The highest BCUT2D eigenvalue weighted by molar-refractivity contribution is 7.74. The lowest BCUT2D eigenvalue weighted by Gasteiger charge is -2.19. The predicted molar refractivity (Wildman–Crippen MR) is 120 cm³/mol. The number of benzene rings is 3. The number of unbranched alkanes of at least 4 members (excludes halogenated alkanes) is 1. The average Bonchev–Trinajstić information content (AvgIpc) is 2.73. The monoisotopic (exact) mass is 406 g/mol. The number of hydrogen-bond donors (Lipinski definition) is 0. The van der Waals surface area contributed by atoms with E-state index in [0.29, 0.717) is 16.2 Å². The molecule has 0 bridgehead atoms. The second kappa shape index (κ2) is 9.24. The van der Waals surface area contributed by atoms with Crippen LogP contribution in [0.4, 0.5) is 0 Å². The first-order chi connectivity index (χ1) is 13.9. The fourth-order valence-electron chi connectivity index (χ4n) is 3.09. The third kappa shape index (κ3) is 5.05. The van der Waals surface area contributed by atoms with Gasteiger partial charge in [-0.05, 0) is 68.7 Å². The first-order valence-corrected chi connectivity index (χ1v) is 11.6. The third-order valence-electron chi connectivity index (χ3n) is 4.97. The number of rotatable bonds is 7. The second-order valence-electron chi connectivity index (χ2n) is 7.40. The smallest absolute Gasteiger partial charge is 0.343 e. The van der Waals surface area contributed by atoms with Gasteiger partial charge in [0.15, 0.2) is 0 Å². The van der Waals surface area contributed by atoms with Crippen LogP contribution in [0.3, 0.4) is 0 Å². The van der Waals surface area contributed by atoms with Gasteiger partial charge >= 0.3 is 13.3 Å². The summed E-state index contributed by atoms with van der Waals surface area (Å²) in [7, 11) is -3.56. The Hall–Kier alpha value is -2.64. The fourth-order valence-corrected chi connectivity index (χ4v) is 5.03. The van der Waals surface area contributed by atoms with Crippen molar-refractivity contribution in [3.8, 4) is 0 Å². The van der Waals surface area contributed by atoms with Gasteiger partial charge in [0.2, 0.25) is 0 Å². The van der Waals surface area contributed by atoms with Crippen molar-refractivity contribution in [2.75, 3.05) is 0 Å². The fraction of sp³-hybridized carbons (Fsp3) is 0.240. The highest BCUT2D eigenvalue weighted by Gasteiger charge is 2.32. The lowest BCUT2D eigenvalue weighted by Crippen LogP contribution is -2.21. The maximum absolute atomic E-state index is 14.0. The van der Waals surface area contributed by atoms with Gasteiger partial charge in [-0.1, -0.05) is 60.9 Å². The van der Waals surface area contributed by atoms with Gasteiger partial charge < -0.3 is 4.52 Å². The summed E-state index contributed by atoms with van der Waals surface area (Å²) in [6.45, 7) is 6.08. The molecule has 3 aromatic carbocycles. The van der Waals surface area contributed by atoms with E-state index in [-0.39, 0.29) is 0 Å². The van der Waals surface area contributed by atoms with Crippen molar-refractivity contribution < 1.29 is 13.9 Å². The third-order valence-corrected chi connectivity index (χ3v) is 7.35. The minimum Gasteiger partial charge on any atom is -0.401 e. The summed E-state index contributed by atoms with van der Waals surface area (Å²) in [5.41, 5.74) is 3.70. The van der Waals surface area contributed by atoms with Crippen LogP contribution < -0.4 is 10.6 Å². The van der Waals surface area contributed by atoms with E-state index < -0.39 is 13.3 Å². The molecule has 0 unspecified atom stereocenters. The van der Waals surface area contributed by atoms with E-state index in [1.807, 2.05) is 50.2 Å². The molecule has 0 aliphatic carbocycles. The van der Waals surface area contributed by atoms with Crippen LogP contribution >= 0.6 is 7.37 Å². The molecular formula is C25H27O3P. The maximum atomic E-state index is 14.0. The molecule has 3 rings (SSSR count). The van der Waals surface area contributed by atoms with Crippen molar-refractivity contribution in [1.82, 2.24) is 0 Å². The first kappa shape index (κ1) is 21.1. The summed E-state index contributed by atoms with van der Waals surface area (Å²) >= 11 is 0. The summed E-state index contributed by atoms with van der Waals surface area (Å²) < 4.78 is 19.7. The van der Waals surface area contributed by atoms with Crippen LogP contribution in [0, 0.1) is 13.8 Å². The molecule has 0 fully saturated rings. The normalized spacial score (nSPS) is 11.3. The molecule has 4 heteroatoms. The minimum absolute atomic E-state index is 0.407. The lowest BCUT2D eigenvalue weighted by molar-refractivity contribution is 0.0747. The number of aryl methyl sites for hydroxylation is 3. The molecule has 0 spiro atoms. The Morgan fingerprint density at radius 3 is 1.72 bits per heavy atom. The van der Waals surface area contributed by atoms with Gasteiger partial charge in [-0.25, -0.2) is 4.79 Å². The summed E-state index contributed by atoms with van der Waals surface area (Å²) in [5.74, 6) is -0.573. The number of carbonyl (C=O) groups excluding carboxylic acids is 1. The van der Waals surface area contributed by atoms with Crippen molar-refractivity contribution in [1.29, 1.82) is 0 Å². The highest BCUT2D eigenvalue weighted by Crippen LogP contribution is 2.45. The van der Waals surface area contributed by atoms with Crippen LogP contribution in [-0.2, 0) is 15.5 Å². The van der Waals surface area contributed by atoms with Crippen molar-refractivity contribution in [2.24, 2.45) is 0 Å². The molecule has 3 nitrogen and oxygen atoms in total. The SMILES string of the molecule is CCCCc1ccc(C(=O)OP(=O)(c2ccc(C)cc2)c2ccc(C)cc2)cc1. The molecule has 0 atom stereocenters. The van der Waals surface area contributed by atoms with Crippen LogP contribution in [0.15, 0.2) is 72.8 Å². The van der Waals surface area contributed by atoms with Gasteiger partial charge in [0, 0.05) is 0 Å². The first-order valence-electron chi connectivity index (χ1n) is 10.00. The molecule has 0 heterocycles. The Kier molecular flexibility index (Phi) is 6.71. The molecular weight excluding hydrogens is 379 g/mol. The molecule has 150 valence electrons. The Labute approximate surface area is 173 Å². The van der Waals surface area contributed by atoms with E-state index in [1.54, 1.807) is 36.4 Å². The molecule has 3 aromatic rings. The number of carbonyl (C=O) groups is 1. The lowest BCUT2D eigenvalue weighted by atomic mass is 10.1. The summed E-state index contributed by atoms with van der Waals surface area (Å²) in [6, 6.07) is 22.0. The molecule has 0 N–H and O–H groups in total. The van der Waals surface area contributed by atoms with E-state index in [9.17, 15) is 9.36 Å². The van der Waals surface area contributed by atoms with E-state index in [0.717, 1.165) is 30.4 Å². The summed E-state index contributed by atoms with van der Waals surface area (Å²) in [4.78, 5) is 12.9. The van der Waals surface area contributed by atoms with Crippen molar-refractivity contribution in [2.45, 2.75) is 40.0 Å². The molecule has 0 amide bonds. The van der Waals surface area contributed by atoms with Gasteiger partial charge in [-0.2, -0.15) is 0 Å². The quantitative estimate of drug-likeness (QED) is 0.471. The average molecular weight is 406 g/mol. The Balaban J connectivity index is 1.92. The Bertz CT molecular complexity index is 954. The van der Waals surface area contributed by atoms with Gasteiger partial charge in [0.1, 0.15) is 0 Å². The van der Waals surface area contributed by atoms with Crippen molar-refractivity contribution >= 4 is 23.9 Å². The van der Waals surface area contributed by atoms with Gasteiger partial charge in [-0.15, -0.1) is 0 Å². The van der Waals surface area contributed by atoms with E-state index in [1.165, 1.54) is 5.56 Å². The molecule has 0 saturated carbocycles. The topological polar surface area (TPSA) is 43.4 Å². The molecule has 0 saturated heterocycles. The summed E-state index contributed by atoms with van der Waals surface area (Å²) in [6.07, 6.45) is 3.22. The van der Waals surface area contributed by atoms with Crippen LogP contribution in [0.2, 0.25) is 0 Å². The Morgan fingerprint density at radius 1 is 0.793 bits per heavy atom. The predicted octanol–water partition coefficient (Wildman–Crippen LogP) is 5.73. The van der Waals surface area contributed by atoms with Crippen LogP contribution in [-0.4, -0.2) is 5.97 Å². The van der Waals surface area contributed by atoms with E-state index >= 15 is 0 Å². The molecule has 0 aliphatic rings. The maximum Gasteiger partial charge on any atom is 0.343 e. The molecule has 29 heavy (non-hydrogen) atoms. The Morgan fingerprint density at radius 2 is 1.28 bits per heavy atom. The number of hydrogen-bond acceptors (Lipinski definition) is 3. The zero-order valence-corrected chi connectivity index (χ0v) is 18.1. The molecule has 0 radical (unpaired) electrons. The molecule has 0 aliphatic heterocycles. The minimum atomic E-state index is -3.56. The van der Waals surface area contributed by atoms with Crippen LogP contribution in [0.25, 0.3) is 0 Å². The van der Waals surface area contributed by atoms with Crippen molar-refractivity contribution in [3.05, 3.63) is 95.1 Å². The second-order valence-corrected chi connectivity index (χ2v) is 9.72. The molecule has 0 aromatic heterocycles. The largest absolute Gasteiger partial charge is 0.401 e. The standard InChI is InChI=1S/C25H27O3P/c1-4-5-6-21-11-13-22(14-12-21)25(26)28-29(27,23-15-7-19(2)8-16-23)24-17-9-20(3)10-18-24/h7-18H,4-6H2,1-3H3. The van der Waals surface area contributed by atoms with Crippen LogP contribution in [0.1, 0.15) is 46.8 Å². The van der Waals surface area contributed by atoms with Crippen LogP contribution in [0.5, 0.6) is 0 Å². The van der Waals surface area contributed by atoms with Crippen molar-refractivity contribution in [3.63, 3.8) is 0 Å². The van der Waals surface area contributed by atoms with E-state index in [2.05, 4.69) is 6.92 Å². The van der Waals surface area contributed by atoms with E-state index in [4.69, 9.17) is 4.52 Å². The highest BCUT2D eigenvalue weighted by atomic mass is 31.2. The summed E-state index contributed by atoms with van der Waals surface area (Å²) in [5, 5.41) is 1.03. The zero-order chi connectivity index (χ0) is 20.9.